The molecule has 1 aromatic carbocycles. The molecule has 0 saturated carbocycles. The Morgan fingerprint density at radius 2 is 1.32 bits per heavy atom. The molecule has 0 spiro atoms. The van der Waals surface area contributed by atoms with Crippen molar-refractivity contribution in [2.45, 2.75) is 40.0 Å². The van der Waals surface area contributed by atoms with Crippen molar-refractivity contribution in [3.05, 3.63) is 29.8 Å². The van der Waals surface area contributed by atoms with Gasteiger partial charge in [-0.15, -0.1) is 0 Å². The number of rotatable bonds is 16. The number of para-hydroxylation sites is 1. The smallest absolute Gasteiger partial charge is 0.315 e. The van der Waals surface area contributed by atoms with Gasteiger partial charge < -0.3 is 24.9 Å². The first-order valence-electron chi connectivity index (χ1n) is 11.4. The highest BCUT2D eigenvalue weighted by Gasteiger charge is 2.28. The van der Waals surface area contributed by atoms with Crippen molar-refractivity contribution >= 4 is 75.6 Å². The first-order valence-corrected chi connectivity index (χ1v) is 14.0. The zero-order chi connectivity index (χ0) is 28.1. The van der Waals surface area contributed by atoms with Crippen molar-refractivity contribution in [1.82, 2.24) is 0 Å². The minimum atomic E-state index is -0.963. The number of ether oxygens (including phenoxy) is 1. The van der Waals surface area contributed by atoms with Gasteiger partial charge in [0.05, 0.1) is 17.4 Å². The summed E-state index contributed by atoms with van der Waals surface area (Å²) in [6.45, 7) is 4.00. The minimum absolute atomic E-state index is 0.0195. The molecule has 1 rings (SSSR count). The number of benzene rings is 1. The molecule has 0 saturated heterocycles. The second-order valence-electron chi connectivity index (χ2n) is 8.54. The van der Waals surface area contributed by atoms with Gasteiger partial charge in [0.1, 0.15) is 23.1 Å². The molecule has 0 fully saturated rings. The fourth-order valence-electron chi connectivity index (χ4n) is 3.19. The number of amides is 1. The SMILES string of the molecule is CC(=O)CC(CSC(=O)c1ccccc1OC(=O)C(CSC(=O)C(CS)CC(C)=O)CC(C)=O)C(N)=O. The second kappa shape index (κ2) is 16.4. The van der Waals surface area contributed by atoms with Crippen LogP contribution in [-0.2, 0) is 28.8 Å². The van der Waals surface area contributed by atoms with E-state index in [9.17, 15) is 33.6 Å². The van der Waals surface area contributed by atoms with E-state index in [-0.39, 0.29) is 70.3 Å². The van der Waals surface area contributed by atoms with E-state index in [0.29, 0.717) is 0 Å². The summed E-state index contributed by atoms with van der Waals surface area (Å²) in [5.41, 5.74) is 5.38. The van der Waals surface area contributed by atoms with Crippen LogP contribution in [0.25, 0.3) is 0 Å². The Bertz CT molecular complexity index is 1040. The number of thioether (sulfide) groups is 2. The van der Waals surface area contributed by atoms with Gasteiger partial charge in [-0.2, -0.15) is 12.6 Å². The van der Waals surface area contributed by atoms with E-state index >= 15 is 0 Å². The Balaban J connectivity index is 2.96. The Hall–Kier alpha value is -2.44. The number of Topliss-reactive ketones (excluding diaryl/α,β-unsaturated/α-hetero) is 3. The van der Waals surface area contributed by atoms with Gasteiger partial charge in [-0.05, 0) is 32.9 Å². The lowest BCUT2D eigenvalue weighted by Crippen LogP contribution is -2.28. The molecule has 1 amide bonds. The summed E-state index contributed by atoms with van der Waals surface area (Å²) in [4.78, 5) is 84.3. The molecular formula is C25H31NO8S3. The predicted molar refractivity (Wildman–Crippen MR) is 146 cm³/mol. The van der Waals surface area contributed by atoms with E-state index in [1.54, 1.807) is 12.1 Å². The molecule has 2 N–H and O–H groups in total. The van der Waals surface area contributed by atoms with E-state index in [0.717, 1.165) is 23.5 Å². The van der Waals surface area contributed by atoms with Crippen LogP contribution in [0.2, 0.25) is 0 Å². The normalized spacial score (nSPS) is 13.2. The summed E-state index contributed by atoms with van der Waals surface area (Å²) in [7, 11) is 0. The Morgan fingerprint density at radius 1 is 0.811 bits per heavy atom. The highest BCUT2D eigenvalue weighted by molar-refractivity contribution is 8.14. The van der Waals surface area contributed by atoms with Gasteiger partial charge in [-0.3, -0.25) is 19.2 Å². The van der Waals surface area contributed by atoms with Crippen LogP contribution in [0.15, 0.2) is 24.3 Å². The van der Waals surface area contributed by atoms with Crippen LogP contribution < -0.4 is 10.5 Å². The van der Waals surface area contributed by atoms with Crippen molar-refractivity contribution in [3.8, 4) is 5.75 Å². The number of carbonyl (C=O) groups is 7. The number of thiol groups is 1. The minimum Gasteiger partial charge on any atom is -0.425 e. The quantitative estimate of drug-likeness (QED) is 0.172. The molecule has 0 bridgehead atoms. The van der Waals surface area contributed by atoms with Crippen LogP contribution in [-0.4, -0.2) is 56.7 Å². The number of ketones is 3. The van der Waals surface area contributed by atoms with Gasteiger partial charge in [0, 0.05) is 42.4 Å². The monoisotopic (exact) mass is 569 g/mol. The highest BCUT2D eigenvalue weighted by Crippen LogP contribution is 2.27. The summed E-state index contributed by atoms with van der Waals surface area (Å²) in [5.74, 6) is -4.49. The van der Waals surface area contributed by atoms with Gasteiger partial charge in [-0.25, -0.2) is 0 Å². The average molecular weight is 570 g/mol. The largest absolute Gasteiger partial charge is 0.425 e. The van der Waals surface area contributed by atoms with Crippen molar-refractivity contribution in [1.29, 1.82) is 0 Å². The molecule has 3 atom stereocenters. The van der Waals surface area contributed by atoms with Gasteiger partial charge >= 0.3 is 5.97 Å². The number of esters is 1. The van der Waals surface area contributed by atoms with E-state index in [2.05, 4.69) is 12.6 Å². The molecule has 37 heavy (non-hydrogen) atoms. The molecule has 9 nitrogen and oxygen atoms in total. The van der Waals surface area contributed by atoms with Crippen LogP contribution in [0.5, 0.6) is 5.75 Å². The molecule has 12 heteroatoms. The van der Waals surface area contributed by atoms with Crippen LogP contribution in [0.3, 0.4) is 0 Å². The van der Waals surface area contributed by atoms with E-state index < -0.39 is 34.7 Å². The summed E-state index contributed by atoms with van der Waals surface area (Å²) >= 11 is 5.72. The summed E-state index contributed by atoms with van der Waals surface area (Å²) in [5, 5.41) is -0.806. The lowest BCUT2D eigenvalue weighted by atomic mass is 10.1. The molecule has 3 unspecified atom stereocenters. The lowest BCUT2D eigenvalue weighted by molar-refractivity contribution is -0.140. The van der Waals surface area contributed by atoms with E-state index in [1.165, 1.54) is 32.9 Å². The number of hydrogen-bond donors (Lipinski definition) is 2. The molecule has 0 aliphatic carbocycles. The van der Waals surface area contributed by atoms with Crippen molar-refractivity contribution in [2.75, 3.05) is 17.3 Å². The van der Waals surface area contributed by atoms with Gasteiger partial charge in [0.15, 0.2) is 5.12 Å². The zero-order valence-electron chi connectivity index (χ0n) is 20.9. The zero-order valence-corrected chi connectivity index (χ0v) is 23.4. The summed E-state index contributed by atoms with van der Waals surface area (Å²) < 4.78 is 5.47. The molecule has 202 valence electrons. The first-order chi connectivity index (χ1) is 17.3. The van der Waals surface area contributed by atoms with Crippen LogP contribution in [0.1, 0.15) is 50.4 Å². The standard InChI is InChI=1S/C25H31NO8S3/c1-14(27)8-17(11-35)24(32)36-13-19(10-16(3)29)23(31)34-21-7-5-4-6-20(21)25(33)37-12-18(22(26)30)9-15(2)28/h4-7,17-19,35H,8-13H2,1-3H3,(H2,26,30). The fraction of sp³-hybridized carbons (Fsp3) is 0.480. The van der Waals surface area contributed by atoms with E-state index in [4.69, 9.17) is 10.5 Å². The van der Waals surface area contributed by atoms with Crippen LogP contribution in [0, 0.1) is 17.8 Å². The Morgan fingerprint density at radius 3 is 1.86 bits per heavy atom. The second-order valence-corrected chi connectivity index (χ2v) is 10.9. The van der Waals surface area contributed by atoms with Crippen molar-refractivity contribution < 1.29 is 38.3 Å². The van der Waals surface area contributed by atoms with Crippen LogP contribution >= 0.6 is 36.2 Å². The maximum atomic E-state index is 12.9. The summed E-state index contributed by atoms with van der Waals surface area (Å²) in [6.07, 6.45) is -0.225. The topological polar surface area (TPSA) is 155 Å². The third-order valence-electron chi connectivity index (χ3n) is 5.05. The maximum Gasteiger partial charge on any atom is 0.315 e. The number of primary amides is 1. The molecular weight excluding hydrogens is 538 g/mol. The van der Waals surface area contributed by atoms with Gasteiger partial charge in [0.25, 0.3) is 0 Å². The summed E-state index contributed by atoms with van der Waals surface area (Å²) in [6, 6.07) is 5.99. The molecule has 0 aliphatic rings. The number of hydrogen-bond acceptors (Lipinski definition) is 11. The molecule has 0 radical (unpaired) electrons. The Labute approximate surface area is 229 Å². The highest BCUT2D eigenvalue weighted by atomic mass is 32.2. The van der Waals surface area contributed by atoms with E-state index in [1.807, 2.05) is 0 Å². The van der Waals surface area contributed by atoms with Crippen molar-refractivity contribution in [3.63, 3.8) is 0 Å². The molecule has 0 heterocycles. The van der Waals surface area contributed by atoms with Gasteiger partial charge in [0.2, 0.25) is 11.0 Å². The van der Waals surface area contributed by atoms with Crippen LogP contribution in [0.4, 0.5) is 0 Å². The van der Waals surface area contributed by atoms with Crippen molar-refractivity contribution in [2.24, 2.45) is 23.5 Å². The molecule has 0 aromatic heterocycles. The number of carbonyl (C=O) groups excluding carboxylic acids is 7. The number of nitrogens with two attached hydrogens (primary N) is 1. The fourth-order valence-corrected chi connectivity index (χ4v) is 5.58. The third-order valence-corrected chi connectivity index (χ3v) is 7.73. The lowest BCUT2D eigenvalue weighted by Gasteiger charge is -2.17. The Kier molecular flexibility index (Phi) is 14.5. The molecule has 1 aromatic rings. The third kappa shape index (κ3) is 12.1. The first kappa shape index (κ1) is 32.6. The molecule has 0 aliphatic heterocycles. The average Bonchev–Trinajstić information content (AvgIpc) is 2.81. The predicted octanol–water partition coefficient (Wildman–Crippen LogP) is 2.93. The maximum absolute atomic E-state index is 12.9. The van der Waals surface area contributed by atoms with Gasteiger partial charge in [-0.1, -0.05) is 35.7 Å².